The molecule has 0 spiro atoms. The molecule has 0 radical (unpaired) electrons. The van der Waals surface area contributed by atoms with Gasteiger partial charge in [-0.3, -0.25) is 0 Å². The average Bonchev–Trinajstić information content (AvgIpc) is 2.54. The van der Waals surface area contributed by atoms with Gasteiger partial charge >= 0.3 is 0 Å². The topological polar surface area (TPSA) is 3.24 Å². The molecule has 0 fully saturated rings. The van der Waals surface area contributed by atoms with Crippen LogP contribution < -0.4 is 10.1 Å². The molecule has 2 heteroatoms. The van der Waals surface area contributed by atoms with E-state index < -0.39 is 8.07 Å². The van der Waals surface area contributed by atoms with Crippen molar-refractivity contribution in [2.45, 2.75) is 26.1 Å². The molecule has 0 aromatic heterocycles. The number of hydrogen-bond acceptors (Lipinski definition) is 1. The second-order valence-corrected chi connectivity index (χ2v) is 11.4. The first-order chi connectivity index (χ1) is 9.58. The van der Waals surface area contributed by atoms with Crippen LogP contribution in [0.3, 0.4) is 0 Å². The fourth-order valence-corrected chi connectivity index (χ4v) is 7.14. The maximum atomic E-state index is 2.52. The zero-order valence-corrected chi connectivity index (χ0v) is 13.6. The van der Waals surface area contributed by atoms with Crippen molar-refractivity contribution >= 4 is 24.6 Å². The first-order valence-electron chi connectivity index (χ1n) is 7.50. The predicted molar refractivity (Wildman–Crippen MR) is 91.0 cm³/mol. The van der Waals surface area contributed by atoms with Gasteiger partial charge in [-0.05, 0) is 35.3 Å². The minimum absolute atomic E-state index is 0.740. The molecule has 3 rings (SSSR count). The van der Waals surface area contributed by atoms with Gasteiger partial charge in [0.15, 0.2) is 0 Å². The largest absolute Gasteiger partial charge is 0.341 e. The highest BCUT2D eigenvalue weighted by atomic mass is 28.3. The summed E-state index contributed by atoms with van der Waals surface area (Å²) in [5, 5.41) is 1.60. The summed E-state index contributed by atoms with van der Waals surface area (Å²) in [4.78, 5) is 2.52. The van der Waals surface area contributed by atoms with Gasteiger partial charge in [0, 0.05) is 17.9 Å². The van der Waals surface area contributed by atoms with E-state index in [-0.39, 0.29) is 0 Å². The summed E-state index contributed by atoms with van der Waals surface area (Å²) in [6.45, 7) is 8.54. The number of anilines is 2. The van der Waals surface area contributed by atoms with Crippen molar-refractivity contribution in [1.29, 1.82) is 0 Å². The standard InChI is InChI=1S/C18H23NSi/c1-15-13-19(16-9-5-4-6-10-16)17-11-7-8-12-18(17)20(2,3)14-15/h4-12,15H,13-14H2,1-3H3. The second-order valence-electron chi connectivity index (χ2n) is 6.66. The highest BCUT2D eigenvalue weighted by Crippen LogP contribution is 2.33. The molecule has 0 N–H and O–H groups in total. The molecule has 104 valence electrons. The van der Waals surface area contributed by atoms with Crippen LogP contribution in [0, 0.1) is 5.92 Å². The summed E-state index contributed by atoms with van der Waals surface area (Å²) in [7, 11) is -1.34. The molecular formula is C18H23NSi. The minimum atomic E-state index is -1.34. The van der Waals surface area contributed by atoms with E-state index in [0.29, 0.717) is 0 Å². The maximum absolute atomic E-state index is 2.52. The van der Waals surface area contributed by atoms with Crippen LogP contribution in [0.2, 0.25) is 19.1 Å². The Kier molecular flexibility index (Phi) is 3.43. The van der Waals surface area contributed by atoms with Crippen LogP contribution in [0.4, 0.5) is 11.4 Å². The Morgan fingerprint density at radius 1 is 0.950 bits per heavy atom. The third-order valence-corrected chi connectivity index (χ3v) is 7.94. The monoisotopic (exact) mass is 281 g/mol. The predicted octanol–water partition coefficient (Wildman–Crippen LogP) is 4.39. The Bertz CT molecular complexity index is 591. The Morgan fingerprint density at radius 3 is 2.35 bits per heavy atom. The molecule has 1 unspecified atom stereocenters. The van der Waals surface area contributed by atoms with Crippen LogP contribution in [-0.2, 0) is 0 Å². The van der Waals surface area contributed by atoms with Crippen LogP contribution >= 0.6 is 0 Å². The van der Waals surface area contributed by atoms with Gasteiger partial charge in [-0.2, -0.15) is 0 Å². The SMILES string of the molecule is CC1CN(c2ccccc2)c2ccccc2[Si](C)(C)C1. The summed E-state index contributed by atoms with van der Waals surface area (Å²) in [6.07, 6.45) is 0. The third-order valence-electron chi connectivity index (χ3n) is 4.34. The number of para-hydroxylation sites is 2. The van der Waals surface area contributed by atoms with Crippen LogP contribution in [0.25, 0.3) is 0 Å². The van der Waals surface area contributed by atoms with Crippen molar-refractivity contribution in [1.82, 2.24) is 0 Å². The Morgan fingerprint density at radius 2 is 1.60 bits per heavy atom. The average molecular weight is 281 g/mol. The van der Waals surface area contributed by atoms with Crippen LogP contribution in [0.1, 0.15) is 6.92 Å². The molecule has 1 aliphatic rings. The van der Waals surface area contributed by atoms with Crippen LogP contribution in [0.15, 0.2) is 54.6 Å². The van der Waals surface area contributed by atoms with Crippen molar-refractivity contribution in [2.24, 2.45) is 5.92 Å². The van der Waals surface area contributed by atoms with Crippen molar-refractivity contribution < 1.29 is 0 Å². The van der Waals surface area contributed by atoms with Crippen LogP contribution in [-0.4, -0.2) is 14.6 Å². The van der Waals surface area contributed by atoms with E-state index >= 15 is 0 Å². The summed E-state index contributed by atoms with van der Waals surface area (Å²) in [6, 6.07) is 21.2. The maximum Gasteiger partial charge on any atom is 0.0837 e. The fourth-order valence-electron chi connectivity index (χ4n) is 3.59. The molecule has 2 aromatic rings. The summed E-state index contributed by atoms with van der Waals surface area (Å²) < 4.78 is 0. The van der Waals surface area contributed by atoms with Gasteiger partial charge in [0.25, 0.3) is 0 Å². The first kappa shape index (κ1) is 13.4. The molecule has 0 saturated heterocycles. The summed E-state index contributed by atoms with van der Waals surface area (Å²) in [5.41, 5.74) is 2.75. The van der Waals surface area contributed by atoms with E-state index in [0.717, 1.165) is 12.5 Å². The molecule has 0 amide bonds. The van der Waals surface area contributed by atoms with E-state index in [4.69, 9.17) is 0 Å². The van der Waals surface area contributed by atoms with E-state index in [1.54, 1.807) is 5.19 Å². The first-order valence-corrected chi connectivity index (χ1v) is 10.7. The molecule has 1 heterocycles. The normalized spacial score (nSPS) is 21.1. The van der Waals surface area contributed by atoms with Gasteiger partial charge < -0.3 is 4.90 Å². The minimum Gasteiger partial charge on any atom is -0.341 e. The lowest BCUT2D eigenvalue weighted by Gasteiger charge is -2.28. The Balaban J connectivity index is 2.15. The van der Waals surface area contributed by atoms with Gasteiger partial charge in [0.2, 0.25) is 0 Å². The lowest BCUT2D eigenvalue weighted by atomic mass is 10.1. The van der Waals surface area contributed by atoms with E-state index in [9.17, 15) is 0 Å². The zero-order valence-electron chi connectivity index (χ0n) is 12.6. The Hall–Kier alpha value is -1.54. The van der Waals surface area contributed by atoms with E-state index in [1.807, 2.05) is 0 Å². The number of rotatable bonds is 1. The zero-order chi connectivity index (χ0) is 14.2. The van der Waals surface area contributed by atoms with E-state index in [2.05, 4.69) is 79.5 Å². The highest BCUT2D eigenvalue weighted by molar-refractivity contribution is 6.91. The highest BCUT2D eigenvalue weighted by Gasteiger charge is 2.33. The van der Waals surface area contributed by atoms with Crippen molar-refractivity contribution in [2.75, 3.05) is 11.4 Å². The van der Waals surface area contributed by atoms with Crippen molar-refractivity contribution in [3.63, 3.8) is 0 Å². The molecule has 0 aliphatic carbocycles. The van der Waals surface area contributed by atoms with Gasteiger partial charge in [-0.25, -0.2) is 0 Å². The molecule has 1 aliphatic heterocycles. The molecule has 0 bridgehead atoms. The lowest BCUT2D eigenvalue weighted by Crippen LogP contribution is -2.42. The second kappa shape index (κ2) is 5.10. The molecule has 2 aromatic carbocycles. The van der Waals surface area contributed by atoms with Gasteiger partial charge in [-0.1, -0.05) is 56.4 Å². The number of hydrogen-bond donors (Lipinski definition) is 0. The molecule has 0 saturated carbocycles. The molecule has 20 heavy (non-hydrogen) atoms. The Labute approximate surface area is 123 Å². The lowest BCUT2D eigenvalue weighted by molar-refractivity contribution is 0.648. The summed E-state index contributed by atoms with van der Waals surface area (Å²) in [5.74, 6) is 0.740. The van der Waals surface area contributed by atoms with Gasteiger partial charge in [-0.15, -0.1) is 0 Å². The fraction of sp³-hybridized carbons (Fsp3) is 0.333. The number of nitrogens with zero attached hydrogens (tertiary/aromatic N) is 1. The smallest absolute Gasteiger partial charge is 0.0837 e. The van der Waals surface area contributed by atoms with Crippen LogP contribution in [0.5, 0.6) is 0 Å². The van der Waals surface area contributed by atoms with Crippen molar-refractivity contribution in [3.8, 4) is 0 Å². The quantitative estimate of drug-likeness (QED) is 0.701. The van der Waals surface area contributed by atoms with Gasteiger partial charge in [0.1, 0.15) is 0 Å². The number of benzene rings is 2. The van der Waals surface area contributed by atoms with E-state index in [1.165, 1.54) is 17.4 Å². The number of fused-ring (bicyclic) bond motifs is 1. The van der Waals surface area contributed by atoms with Gasteiger partial charge in [0.05, 0.1) is 8.07 Å². The summed E-state index contributed by atoms with van der Waals surface area (Å²) >= 11 is 0. The third kappa shape index (κ3) is 2.40. The molecule has 1 atom stereocenters. The molecular weight excluding hydrogens is 258 g/mol. The molecule has 1 nitrogen and oxygen atoms in total. The van der Waals surface area contributed by atoms with Crippen molar-refractivity contribution in [3.05, 3.63) is 54.6 Å².